The van der Waals surface area contributed by atoms with E-state index in [4.69, 9.17) is 9.84 Å². The van der Waals surface area contributed by atoms with Gasteiger partial charge in [0.1, 0.15) is 5.60 Å². The SMILES string of the molecule is COc1ncccc1-c1cc(C2(O)CCC(O)CC2)nn1-c1ccc(CO)cc1. The van der Waals surface area contributed by atoms with E-state index < -0.39 is 5.60 Å². The number of hydrogen-bond donors (Lipinski definition) is 3. The molecular formula is C22H25N3O4. The zero-order valence-electron chi connectivity index (χ0n) is 16.3. The van der Waals surface area contributed by atoms with Gasteiger partial charge in [0.05, 0.1) is 42.5 Å². The van der Waals surface area contributed by atoms with Gasteiger partial charge in [-0.3, -0.25) is 0 Å². The lowest BCUT2D eigenvalue weighted by atomic mass is 9.81. The van der Waals surface area contributed by atoms with Crippen LogP contribution in [0.15, 0.2) is 48.7 Å². The Morgan fingerprint density at radius 1 is 1.17 bits per heavy atom. The number of pyridine rings is 1. The standard InChI is InChI=1S/C22H25N3O4/c1-29-21-18(3-2-12-23-21)19-13-20(22(28)10-8-17(27)9-11-22)24-25(19)16-6-4-15(14-26)5-7-16/h2-7,12-13,17,26-28H,8-11,14H2,1H3. The Morgan fingerprint density at radius 3 is 2.55 bits per heavy atom. The third kappa shape index (κ3) is 3.76. The largest absolute Gasteiger partial charge is 0.481 e. The summed E-state index contributed by atoms with van der Waals surface area (Å²) in [7, 11) is 1.57. The quantitative estimate of drug-likeness (QED) is 0.614. The molecule has 1 saturated carbocycles. The highest BCUT2D eigenvalue weighted by molar-refractivity contribution is 5.68. The van der Waals surface area contributed by atoms with Crippen LogP contribution < -0.4 is 4.74 Å². The van der Waals surface area contributed by atoms with Crippen molar-refractivity contribution in [3.05, 3.63) is 59.9 Å². The second kappa shape index (κ2) is 7.94. The summed E-state index contributed by atoms with van der Waals surface area (Å²) in [6.07, 6.45) is 3.29. The summed E-state index contributed by atoms with van der Waals surface area (Å²) in [6, 6.07) is 13.0. The van der Waals surface area contributed by atoms with Crippen molar-refractivity contribution >= 4 is 0 Å². The maximum atomic E-state index is 11.2. The van der Waals surface area contributed by atoms with E-state index in [1.165, 1.54) is 0 Å². The molecule has 0 saturated heterocycles. The van der Waals surface area contributed by atoms with Gasteiger partial charge >= 0.3 is 0 Å². The number of nitrogens with zero attached hydrogens (tertiary/aromatic N) is 3. The Kier molecular flexibility index (Phi) is 5.36. The van der Waals surface area contributed by atoms with E-state index in [1.54, 1.807) is 18.0 Å². The number of rotatable bonds is 5. The van der Waals surface area contributed by atoms with E-state index in [9.17, 15) is 15.3 Å². The molecule has 2 heterocycles. The van der Waals surface area contributed by atoms with Gasteiger partial charge in [-0.15, -0.1) is 0 Å². The van der Waals surface area contributed by atoms with Crippen molar-refractivity contribution in [1.82, 2.24) is 14.8 Å². The summed E-state index contributed by atoms with van der Waals surface area (Å²) in [4.78, 5) is 4.29. The van der Waals surface area contributed by atoms with Crippen molar-refractivity contribution in [2.75, 3.05) is 7.11 Å². The Morgan fingerprint density at radius 2 is 1.90 bits per heavy atom. The van der Waals surface area contributed by atoms with Crippen LogP contribution in [0.2, 0.25) is 0 Å². The normalized spacial score (nSPS) is 21.9. The molecule has 1 aromatic carbocycles. The van der Waals surface area contributed by atoms with Crippen LogP contribution in [0.5, 0.6) is 5.88 Å². The number of methoxy groups -OCH3 is 1. The highest BCUT2D eigenvalue weighted by Crippen LogP contribution is 2.39. The van der Waals surface area contributed by atoms with Crippen LogP contribution in [0.1, 0.15) is 36.9 Å². The number of ether oxygens (including phenoxy) is 1. The lowest BCUT2D eigenvalue weighted by Crippen LogP contribution is -2.33. The molecule has 7 heteroatoms. The van der Waals surface area contributed by atoms with E-state index in [1.807, 2.05) is 42.5 Å². The van der Waals surface area contributed by atoms with E-state index in [2.05, 4.69) is 4.98 Å². The maximum absolute atomic E-state index is 11.2. The van der Waals surface area contributed by atoms with Gasteiger partial charge in [0.15, 0.2) is 0 Å². The highest BCUT2D eigenvalue weighted by Gasteiger charge is 2.37. The molecule has 1 aliphatic rings. The molecule has 0 amide bonds. The van der Waals surface area contributed by atoms with Gasteiger partial charge in [0.2, 0.25) is 5.88 Å². The zero-order chi connectivity index (χ0) is 20.4. The summed E-state index contributed by atoms with van der Waals surface area (Å²) in [5.74, 6) is 0.471. The molecule has 7 nitrogen and oxygen atoms in total. The first kappa shape index (κ1) is 19.6. The molecule has 29 heavy (non-hydrogen) atoms. The summed E-state index contributed by atoms with van der Waals surface area (Å²) in [5.41, 5.74) is 2.60. The fraction of sp³-hybridized carbons (Fsp3) is 0.364. The predicted molar refractivity (Wildman–Crippen MR) is 108 cm³/mol. The molecule has 0 bridgehead atoms. The zero-order valence-corrected chi connectivity index (χ0v) is 16.3. The molecular weight excluding hydrogens is 370 g/mol. The van der Waals surface area contributed by atoms with Crippen LogP contribution in [0.3, 0.4) is 0 Å². The fourth-order valence-electron chi connectivity index (χ4n) is 3.82. The fourth-order valence-corrected chi connectivity index (χ4v) is 3.82. The van der Waals surface area contributed by atoms with Crippen molar-refractivity contribution in [3.8, 4) is 22.8 Å². The van der Waals surface area contributed by atoms with Crippen molar-refractivity contribution in [3.63, 3.8) is 0 Å². The molecule has 0 unspecified atom stereocenters. The summed E-state index contributed by atoms with van der Waals surface area (Å²) < 4.78 is 7.20. The molecule has 0 aliphatic heterocycles. The molecule has 0 spiro atoms. The highest BCUT2D eigenvalue weighted by atomic mass is 16.5. The molecule has 2 aromatic heterocycles. The topological polar surface area (TPSA) is 101 Å². The van der Waals surface area contributed by atoms with Crippen LogP contribution in [0, 0.1) is 0 Å². The van der Waals surface area contributed by atoms with Gasteiger partial charge in [0.25, 0.3) is 0 Å². The molecule has 0 atom stereocenters. The number of hydrogen-bond acceptors (Lipinski definition) is 6. The Balaban J connectivity index is 1.84. The Bertz CT molecular complexity index is 976. The minimum absolute atomic E-state index is 0.0317. The van der Waals surface area contributed by atoms with Crippen molar-refractivity contribution in [1.29, 1.82) is 0 Å². The second-order valence-electron chi connectivity index (χ2n) is 7.47. The third-order valence-electron chi connectivity index (χ3n) is 5.57. The van der Waals surface area contributed by atoms with E-state index in [0.29, 0.717) is 37.3 Å². The minimum Gasteiger partial charge on any atom is -0.481 e. The second-order valence-corrected chi connectivity index (χ2v) is 7.47. The van der Waals surface area contributed by atoms with E-state index in [-0.39, 0.29) is 12.7 Å². The Labute approximate surface area is 169 Å². The maximum Gasteiger partial charge on any atom is 0.222 e. The summed E-state index contributed by atoms with van der Waals surface area (Å²) in [5, 5.41) is 35.1. The number of aromatic nitrogens is 3. The van der Waals surface area contributed by atoms with Crippen molar-refractivity contribution in [2.45, 2.75) is 44.0 Å². The van der Waals surface area contributed by atoms with Gasteiger partial charge in [-0.25, -0.2) is 9.67 Å². The van der Waals surface area contributed by atoms with Gasteiger partial charge in [-0.1, -0.05) is 12.1 Å². The molecule has 4 rings (SSSR count). The van der Waals surface area contributed by atoms with Crippen molar-refractivity contribution < 1.29 is 20.1 Å². The number of benzene rings is 1. The first-order chi connectivity index (χ1) is 14.0. The van der Waals surface area contributed by atoms with Crippen LogP contribution in [-0.4, -0.2) is 43.3 Å². The smallest absolute Gasteiger partial charge is 0.222 e. The van der Waals surface area contributed by atoms with E-state index >= 15 is 0 Å². The monoisotopic (exact) mass is 395 g/mol. The molecule has 3 N–H and O–H groups in total. The van der Waals surface area contributed by atoms with Crippen LogP contribution in [0.4, 0.5) is 0 Å². The van der Waals surface area contributed by atoms with Crippen LogP contribution in [0.25, 0.3) is 16.9 Å². The predicted octanol–water partition coefficient (Wildman–Crippen LogP) is 2.56. The molecule has 152 valence electrons. The van der Waals surface area contributed by atoms with Crippen LogP contribution >= 0.6 is 0 Å². The van der Waals surface area contributed by atoms with E-state index in [0.717, 1.165) is 22.5 Å². The molecule has 1 aliphatic carbocycles. The summed E-state index contributed by atoms with van der Waals surface area (Å²) in [6.45, 7) is -0.0317. The first-order valence-corrected chi connectivity index (χ1v) is 9.74. The average Bonchev–Trinajstić information content (AvgIpc) is 3.22. The van der Waals surface area contributed by atoms with Crippen LogP contribution in [-0.2, 0) is 12.2 Å². The molecule has 0 radical (unpaired) electrons. The minimum atomic E-state index is -1.08. The van der Waals surface area contributed by atoms with Gasteiger partial charge in [-0.05, 0) is 61.6 Å². The van der Waals surface area contributed by atoms with Gasteiger partial charge < -0.3 is 20.1 Å². The number of aliphatic hydroxyl groups excluding tert-OH is 2. The average molecular weight is 395 g/mol. The summed E-state index contributed by atoms with van der Waals surface area (Å²) >= 11 is 0. The van der Waals surface area contributed by atoms with Crippen molar-refractivity contribution in [2.24, 2.45) is 0 Å². The lowest BCUT2D eigenvalue weighted by molar-refractivity contribution is -0.0393. The lowest BCUT2D eigenvalue weighted by Gasteiger charge is -2.32. The Hall–Kier alpha value is -2.74. The van der Waals surface area contributed by atoms with Gasteiger partial charge in [-0.2, -0.15) is 5.10 Å². The van der Waals surface area contributed by atoms with Gasteiger partial charge in [0, 0.05) is 6.20 Å². The number of aliphatic hydroxyl groups is 3. The molecule has 3 aromatic rings. The molecule has 1 fully saturated rings. The third-order valence-corrected chi connectivity index (χ3v) is 5.57. The first-order valence-electron chi connectivity index (χ1n) is 9.74.